The first-order chi connectivity index (χ1) is 9.79. The third-order valence-electron chi connectivity index (χ3n) is 3.79. The van der Waals surface area contributed by atoms with E-state index in [0.717, 1.165) is 18.4 Å². The molecule has 1 aliphatic rings. The molecule has 1 saturated carbocycles. The first-order valence-corrected chi connectivity index (χ1v) is 7.38. The van der Waals surface area contributed by atoms with Crippen molar-refractivity contribution in [2.75, 3.05) is 0 Å². The van der Waals surface area contributed by atoms with E-state index in [9.17, 15) is 4.79 Å². The lowest BCUT2D eigenvalue weighted by atomic mass is 9.81. The van der Waals surface area contributed by atoms with Crippen molar-refractivity contribution in [3.8, 4) is 0 Å². The molecule has 0 N–H and O–H groups in total. The van der Waals surface area contributed by atoms with Gasteiger partial charge in [-0.15, -0.1) is 0 Å². The second-order valence-corrected chi connectivity index (χ2v) is 5.23. The van der Waals surface area contributed by atoms with Crippen LogP contribution in [0.5, 0.6) is 0 Å². The van der Waals surface area contributed by atoms with E-state index in [1.54, 1.807) is 0 Å². The minimum atomic E-state index is 0.341. The van der Waals surface area contributed by atoms with Crippen LogP contribution in [-0.4, -0.2) is 5.78 Å². The zero-order chi connectivity index (χ0) is 14.2. The van der Waals surface area contributed by atoms with E-state index in [4.69, 9.17) is 0 Å². The highest BCUT2D eigenvalue weighted by atomic mass is 16.1. The molecule has 0 amide bonds. The van der Waals surface area contributed by atoms with Gasteiger partial charge >= 0.3 is 0 Å². The summed E-state index contributed by atoms with van der Waals surface area (Å²) < 4.78 is 0. The molecule has 1 heteroatoms. The van der Waals surface area contributed by atoms with E-state index in [0.29, 0.717) is 18.1 Å². The van der Waals surface area contributed by atoms with Crippen LogP contribution in [0.15, 0.2) is 60.2 Å². The smallest absolute Gasteiger partial charge is 0.139 e. The Morgan fingerprint density at radius 1 is 1.20 bits per heavy atom. The Balaban J connectivity index is 1.86. The maximum atomic E-state index is 11.8. The summed E-state index contributed by atoms with van der Waals surface area (Å²) in [5.74, 6) is 0.739. The summed E-state index contributed by atoms with van der Waals surface area (Å²) in [6.45, 7) is 2.02. The normalized spacial score (nSPS) is 16.8. The average Bonchev–Trinajstić information content (AvgIpc) is 2.42. The van der Waals surface area contributed by atoms with Crippen LogP contribution < -0.4 is 0 Å². The largest absolute Gasteiger partial charge is 0.299 e. The zero-order valence-electron chi connectivity index (χ0n) is 12.1. The molecule has 0 radical (unpaired) electrons. The molecule has 1 fully saturated rings. The molecule has 0 aromatic heterocycles. The van der Waals surface area contributed by atoms with Crippen LogP contribution >= 0.6 is 0 Å². The SMILES string of the molecule is C/C=C(\C=C/CC(=O)C1CCC1)/C=C/c1ccccc1. The second kappa shape index (κ2) is 7.64. The van der Waals surface area contributed by atoms with Gasteiger partial charge < -0.3 is 0 Å². The fraction of sp³-hybridized carbons (Fsp3) is 0.316. The van der Waals surface area contributed by atoms with Gasteiger partial charge in [-0.25, -0.2) is 0 Å². The maximum absolute atomic E-state index is 11.8. The molecule has 0 bridgehead atoms. The molecule has 0 heterocycles. The number of hydrogen-bond acceptors (Lipinski definition) is 1. The van der Waals surface area contributed by atoms with E-state index in [-0.39, 0.29) is 0 Å². The van der Waals surface area contributed by atoms with Crippen LogP contribution in [0.4, 0.5) is 0 Å². The Morgan fingerprint density at radius 2 is 1.95 bits per heavy atom. The fourth-order valence-electron chi connectivity index (χ4n) is 2.21. The first-order valence-electron chi connectivity index (χ1n) is 7.38. The maximum Gasteiger partial charge on any atom is 0.139 e. The highest BCUT2D eigenvalue weighted by Gasteiger charge is 2.23. The molecular formula is C19H22O. The third kappa shape index (κ3) is 4.34. The minimum Gasteiger partial charge on any atom is -0.299 e. The summed E-state index contributed by atoms with van der Waals surface area (Å²) in [5.41, 5.74) is 2.32. The Bertz CT molecular complexity index is 516. The van der Waals surface area contributed by atoms with Gasteiger partial charge in [0.15, 0.2) is 0 Å². The molecule has 0 atom stereocenters. The summed E-state index contributed by atoms with van der Waals surface area (Å²) in [5, 5.41) is 0. The molecule has 0 aliphatic heterocycles. The molecule has 1 aliphatic carbocycles. The van der Waals surface area contributed by atoms with E-state index in [2.05, 4.69) is 30.4 Å². The second-order valence-electron chi connectivity index (χ2n) is 5.23. The molecule has 0 saturated heterocycles. The third-order valence-corrected chi connectivity index (χ3v) is 3.79. The minimum absolute atomic E-state index is 0.341. The average molecular weight is 266 g/mol. The summed E-state index contributed by atoms with van der Waals surface area (Å²) >= 11 is 0. The number of carbonyl (C=O) groups excluding carboxylic acids is 1. The van der Waals surface area contributed by atoms with Crippen molar-refractivity contribution in [1.29, 1.82) is 0 Å². The van der Waals surface area contributed by atoms with Crippen LogP contribution in [0.3, 0.4) is 0 Å². The molecule has 1 aromatic rings. The lowest BCUT2D eigenvalue weighted by Gasteiger charge is -2.22. The summed E-state index contributed by atoms with van der Waals surface area (Å²) in [7, 11) is 0. The number of carbonyl (C=O) groups is 1. The van der Waals surface area contributed by atoms with Gasteiger partial charge in [-0.1, -0.05) is 67.1 Å². The summed E-state index contributed by atoms with van der Waals surface area (Å²) in [6.07, 6.45) is 14.2. The predicted octanol–water partition coefficient (Wildman–Crippen LogP) is 4.96. The molecule has 0 unspecified atom stereocenters. The van der Waals surface area contributed by atoms with Gasteiger partial charge in [-0.3, -0.25) is 4.79 Å². The molecule has 2 rings (SSSR count). The predicted molar refractivity (Wildman–Crippen MR) is 85.3 cm³/mol. The van der Waals surface area contributed by atoms with Gasteiger partial charge in [0.05, 0.1) is 0 Å². The number of benzene rings is 1. The van der Waals surface area contributed by atoms with Crippen LogP contribution in [0.25, 0.3) is 6.08 Å². The van der Waals surface area contributed by atoms with Gasteiger partial charge in [0.2, 0.25) is 0 Å². The van der Waals surface area contributed by atoms with E-state index < -0.39 is 0 Å². The molecule has 1 nitrogen and oxygen atoms in total. The first kappa shape index (κ1) is 14.5. The van der Waals surface area contributed by atoms with Crippen molar-refractivity contribution in [3.63, 3.8) is 0 Å². The Hall–Kier alpha value is -1.89. The van der Waals surface area contributed by atoms with Crippen LogP contribution in [-0.2, 0) is 4.79 Å². The number of hydrogen-bond donors (Lipinski definition) is 0. The Morgan fingerprint density at radius 3 is 2.55 bits per heavy atom. The number of rotatable bonds is 6. The van der Waals surface area contributed by atoms with Crippen molar-refractivity contribution in [2.45, 2.75) is 32.6 Å². The number of Topliss-reactive ketones (excluding diaryl/α,β-unsaturated/α-hetero) is 1. The van der Waals surface area contributed by atoms with Crippen molar-refractivity contribution >= 4 is 11.9 Å². The van der Waals surface area contributed by atoms with Crippen molar-refractivity contribution < 1.29 is 4.79 Å². The van der Waals surface area contributed by atoms with Crippen LogP contribution in [0.1, 0.15) is 38.2 Å². The summed E-state index contributed by atoms with van der Waals surface area (Å²) in [6, 6.07) is 10.2. The van der Waals surface area contributed by atoms with Gasteiger partial charge in [-0.05, 0) is 30.9 Å². The van der Waals surface area contributed by atoms with Gasteiger partial charge in [0, 0.05) is 12.3 Å². The number of allylic oxidation sites excluding steroid dienone is 5. The Kier molecular flexibility index (Phi) is 5.55. The highest BCUT2D eigenvalue weighted by molar-refractivity contribution is 5.83. The molecular weight excluding hydrogens is 244 g/mol. The molecule has 20 heavy (non-hydrogen) atoms. The van der Waals surface area contributed by atoms with Crippen molar-refractivity contribution in [1.82, 2.24) is 0 Å². The molecule has 0 spiro atoms. The highest BCUT2D eigenvalue weighted by Crippen LogP contribution is 2.28. The Labute approximate surface area is 121 Å². The van der Waals surface area contributed by atoms with E-state index >= 15 is 0 Å². The van der Waals surface area contributed by atoms with Crippen LogP contribution in [0.2, 0.25) is 0 Å². The standard InChI is InChI=1S/C19H22O/c1-2-16(14-15-17-8-4-3-5-9-17)10-6-13-19(20)18-11-7-12-18/h2-6,8-10,14-15,18H,7,11-13H2,1H3/b10-6-,15-14+,16-2+. The van der Waals surface area contributed by atoms with Crippen molar-refractivity contribution in [2.24, 2.45) is 5.92 Å². The zero-order valence-corrected chi connectivity index (χ0v) is 12.1. The van der Waals surface area contributed by atoms with Crippen LogP contribution in [0, 0.1) is 5.92 Å². The lowest BCUT2D eigenvalue weighted by Crippen LogP contribution is -2.20. The number of ketones is 1. The molecule has 104 valence electrons. The quantitative estimate of drug-likeness (QED) is 0.665. The monoisotopic (exact) mass is 266 g/mol. The summed E-state index contributed by atoms with van der Waals surface area (Å²) in [4.78, 5) is 11.8. The topological polar surface area (TPSA) is 17.1 Å². The molecule has 1 aromatic carbocycles. The van der Waals surface area contributed by atoms with Crippen molar-refractivity contribution in [3.05, 3.63) is 65.8 Å². The van der Waals surface area contributed by atoms with E-state index in [1.165, 1.54) is 12.0 Å². The van der Waals surface area contributed by atoms with Gasteiger partial charge in [0.25, 0.3) is 0 Å². The lowest BCUT2D eigenvalue weighted by molar-refractivity contribution is -0.124. The van der Waals surface area contributed by atoms with Gasteiger partial charge in [-0.2, -0.15) is 0 Å². The fourth-order valence-corrected chi connectivity index (χ4v) is 2.21. The van der Waals surface area contributed by atoms with Gasteiger partial charge in [0.1, 0.15) is 5.78 Å². The van der Waals surface area contributed by atoms with E-state index in [1.807, 2.05) is 37.3 Å².